The van der Waals surface area contributed by atoms with E-state index >= 15 is 0 Å². The Morgan fingerprint density at radius 1 is 0.657 bits per heavy atom. The number of benzene rings is 2. The topological polar surface area (TPSA) is 65.2 Å². The maximum atomic E-state index is 10.7. The number of phenolic OH excluding ortho intramolecular Hbond substituents is 2. The van der Waals surface area contributed by atoms with E-state index in [4.69, 9.17) is 0 Å². The Labute approximate surface area is 213 Å². The molecule has 4 heteroatoms. The van der Waals surface area contributed by atoms with Crippen LogP contribution in [0.1, 0.15) is 132 Å². The first-order valence-corrected chi connectivity index (χ1v) is 13.3. The molecule has 2 aromatic carbocycles. The highest BCUT2D eigenvalue weighted by Gasteiger charge is 2.15. The first-order valence-electron chi connectivity index (χ1n) is 13.3. The zero-order valence-corrected chi connectivity index (χ0v) is 23.1. The highest BCUT2D eigenvalue weighted by atomic mass is 16.3. The molecule has 0 spiro atoms. The Balaban J connectivity index is 2.07. The summed E-state index contributed by atoms with van der Waals surface area (Å²) >= 11 is 0. The number of hydrogen-bond acceptors (Lipinski definition) is 4. The fraction of sp³-hybridized carbons (Fsp3) is 0.548. The second kappa shape index (κ2) is 13.5. The molecule has 0 bridgehead atoms. The molecule has 192 valence electrons. The zero-order chi connectivity index (χ0) is 26.1. The summed E-state index contributed by atoms with van der Waals surface area (Å²) in [6.07, 6.45) is 6.52. The molecule has 35 heavy (non-hydrogen) atoms. The lowest BCUT2D eigenvalue weighted by molar-refractivity contribution is 0.462. The van der Waals surface area contributed by atoms with Gasteiger partial charge in [0.25, 0.3) is 0 Å². The van der Waals surface area contributed by atoms with E-state index in [0.29, 0.717) is 36.4 Å². The minimum atomic E-state index is 0.256. The van der Waals surface area contributed by atoms with Crippen molar-refractivity contribution in [3.8, 4) is 11.5 Å². The van der Waals surface area contributed by atoms with Gasteiger partial charge in [-0.25, -0.2) is 0 Å². The van der Waals surface area contributed by atoms with Gasteiger partial charge in [0.1, 0.15) is 11.5 Å². The van der Waals surface area contributed by atoms with Gasteiger partial charge in [0.15, 0.2) is 0 Å². The summed E-state index contributed by atoms with van der Waals surface area (Å²) in [5, 5.41) is 21.5. The predicted octanol–water partition coefficient (Wildman–Crippen LogP) is 8.30. The Bertz CT molecular complexity index is 940. The van der Waals surface area contributed by atoms with Crippen LogP contribution in [0.2, 0.25) is 0 Å². The highest BCUT2D eigenvalue weighted by molar-refractivity contribution is 5.85. The summed E-state index contributed by atoms with van der Waals surface area (Å²) < 4.78 is 0. The van der Waals surface area contributed by atoms with Gasteiger partial charge in [0.2, 0.25) is 0 Å². The lowest BCUT2D eigenvalue weighted by Gasteiger charge is -2.17. The largest absolute Gasteiger partial charge is 0.507 e. The van der Waals surface area contributed by atoms with Crippen LogP contribution in [0.5, 0.6) is 11.5 Å². The molecule has 0 fully saturated rings. The molecule has 0 saturated carbocycles. The second-order valence-corrected chi connectivity index (χ2v) is 10.4. The predicted molar refractivity (Wildman–Crippen MR) is 151 cm³/mol. The van der Waals surface area contributed by atoms with Crippen molar-refractivity contribution >= 4 is 12.4 Å². The third-order valence-electron chi connectivity index (χ3n) is 7.02. The van der Waals surface area contributed by atoms with E-state index in [-0.39, 0.29) is 11.8 Å². The van der Waals surface area contributed by atoms with Gasteiger partial charge in [-0.15, -0.1) is 0 Å². The maximum absolute atomic E-state index is 10.7. The van der Waals surface area contributed by atoms with Crippen molar-refractivity contribution in [2.24, 2.45) is 9.98 Å². The minimum Gasteiger partial charge on any atom is -0.507 e. The van der Waals surface area contributed by atoms with Crippen molar-refractivity contribution in [3.05, 3.63) is 57.6 Å². The van der Waals surface area contributed by atoms with Crippen molar-refractivity contribution in [1.29, 1.82) is 0 Å². The number of aliphatic imine (C=N–C) groups is 2. The van der Waals surface area contributed by atoms with Gasteiger partial charge < -0.3 is 10.2 Å². The van der Waals surface area contributed by atoms with Crippen LogP contribution in [-0.4, -0.2) is 35.7 Å². The third-order valence-corrected chi connectivity index (χ3v) is 7.02. The normalized spacial score (nSPS) is 14.0. The lowest BCUT2D eigenvalue weighted by atomic mass is 9.90. The third kappa shape index (κ3) is 7.68. The zero-order valence-electron chi connectivity index (χ0n) is 23.1. The van der Waals surface area contributed by atoms with Crippen molar-refractivity contribution in [3.63, 3.8) is 0 Å². The smallest absolute Gasteiger partial charge is 0.127 e. The quantitative estimate of drug-likeness (QED) is 0.238. The van der Waals surface area contributed by atoms with Gasteiger partial charge in [-0.05, 0) is 77.3 Å². The van der Waals surface area contributed by atoms with Gasteiger partial charge in [-0.1, -0.05) is 67.5 Å². The molecule has 4 nitrogen and oxygen atoms in total. The Morgan fingerprint density at radius 3 is 1.34 bits per heavy atom. The molecule has 2 atom stereocenters. The molecular formula is C31H46N2O2. The van der Waals surface area contributed by atoms with Crippen molar-refractivity contribution < 1.29 is 10.2 Å². The molecule has 0 amide bonds. The minimum absolute atomic E-state index is 0.256. The highest BCUT2D eigenvalue weighted by Crippen LogP contribution is 2.34. The van der Waals surface area contributed by atoms with Crippen LogP contribution >= 0.6 is 0 Å². The summed E-state index contributed by atoms with van der Waals surface area (Å²) in [4.78, 5) is 9.14. The van der Waals surface area contributed by atoms with E-state index in [9.17, 15) is 10.2 Å². The average molecular weight is 479 g/mol. The van der Waals surface area contributed by atoms with Gasteiger partial charge in [-0.3, -0.25) is 9.98 Å². The molecule has 2 rings (SSSR count). The Hall–Kier alpha value is -2.62. The van der Waals surface area contributed by atoms with Crippen LogP contribution in [-0.2, 0) is 0 Å². The first kappa shape index (κ1) is 28.6. The molecule has 0 aliphatic carbocycles. The fourth-order valence-corrected chi connectivity index (χ4v) is 4.10. The Morgan fingerprint density at radius 2 is 1.03 bits per heavy atom. The molecule has 0 radical (unpaired) electrons. The molecule has 0 heterocycles. The summed E-state index contributed by atoms with van der Waals surface area (Å²) in [6, 6.07) is 8.40. The summed E-state index contributed by atoms with van der Waals surface area (Å²) in [5.74, 6) is 2.08. The summed E-state index contributed by atoms with van der Waals surface area (Å²) in [5.41, 5.74) is 6.05. The van der Waals surface area contributed by atoms with Crippen LogP contribution in [0.25, 0.3) is 0 Å². The van der Waals surface area contributed by atoms with E-state index in [2.05, 4.69) is 89.6 Å². The van der Waals surface area contributed by atoms with Crippen molar-refractivity contribution in [1.82, 2.24) is 0 Å². The first-order chi connectivity index (χ1) is 16.6. The number of phenols is 2. The van der Waals surface area contributed by atoms with E-state index < -0.39 is 0 Å². The molecule has 0 aliphatic rings. The van der Waals surface area contributed by atoms with E-state index in [0.717, 1.165) is 41.5 Å². The molecule has 2 unspecified atom stereocenters. The van der Waals surface area contributed by atoms with Crippen molar-refractivity contribution in [2.75, 3.05) is 13.1 Å². The van der Waals surface area contributed by atoms with Crippen LogP contribution in [0, 0.1) is 0 Å². The van der Waals surface area contributed by atoms with E-state index in [1.165, 1.54) is 11.1 Å². The Kier molecular flexibility index (Phi) is 11.0. The summed E-state index contributed by atoms with van der Waals surface area (Å²) in [7, 11) is 0. The van der Waals surface area contributed by atoms with E-state index in [1.54, 1.807) is 12.4 Å². The summed E-state index contributed by atoms with van der Waals surface area (Å²) in [6.45, 7) is 18.5. The van der Waals surface area contributed by atoms with Crippen LogP contribution in [0.3, 0.4) is 0 Å². The number of nitrogens with zero attached hydrogens (tertiary/aromatic N) is 2. The average Bonchev–Trinajstić information content (AvgIpc) is 2.83. The number of rotatable bonds is 12. The number of aromatic hydroxyl groups is 2. The SMILES string of the molecule is CCC(C)c1cc(C=NCCCN=Cc2cc(C(C)CC)cc(C(C)C)c2O)c(O)c(C(C)C)c1. The molecule has 0 aliphatic heterocycles. The molecule has 0 saturated heterocycles. The maximum Gasteiger partial charge on any atom is 0.127 e. The lowest BCUT2D eigenvalue weighted by Crippen LogP contribution is -2.00. The fourth-order valence-electron chi connectivity index (χ4n) is 4.10. The standard InChI is InChI=1S/C31H46N2O2/c1-9-22(7)24-14-26(30(34)28(16-24)20(3)4)18-32-12-11-13-33-19-27-15-25(23(8)10-2)17-29(21(5)6)31(27)35/h14-23,34-35H,9-13H2,1-8H3. The molecule has 2 aromatic rings. The van der Waals surface area contributed by atoms with E-state index in [1.807, 2.05) is 0 Å². The van der Waals surface area contributed by atoms with Gasteiger partial charge in [0, 0.05) is 36.6 Å². The van der Waals surface area contributed by atoms with Gasteiger partial charge in [-0.2, -0.15) is 0 Å². The monoisotopic (exact) mass is 478 g/mol. The van der Waals surface area contributed by atoms with Crippen molar-refractivity contribution in [2.45, 2.75) is 98.3 Å². The second-order valence-electron chi connectivity index (χ2n) is 10.4. The molecular weight excluding hydrogens is 432 g/mol. The molecule has 0 aromatic heterocycles. The van der Waals surface area contributed by atoms with Gasteiger partial charge >= 0.3 is 0 Å². The van der Waals surface area contributed by atoms with Crippen LogP contribution in [0.4, 0.5) is 0 Å². The van der Waals surface area contributed by atoms with Crippen LogP contribution in [0.15, 0.2) is 34.3 Å². The van der Waals surface area contributed by atoms with Crippen LogP contribution < -0.4 is 0 Å². The van der Waals surface area contributed by atoms with Gasteiger partial charge in [0.05, 0.1) is 0 Å². The molecule has 2 N–H and O–H groups in total. The number of hydrogen-bond donors (Lipinski definition) is 2.